The smallest absolute Gasteiger partial charge is 0.178 e. The van der Waals surface area contributed by atoms with Gasteiger partial charge in [0.25, 0.3) is 0 Å². The van der Waals surface area contributed by atoms with Gasteiger partial charge in [-0.2, -0.15) is 0 Å². The molecule has 0 atom stereocenters. The molecule has 0 fully saturated rings. The Labute approximate surface area is 109 Å². The minimum absolute atomic E-state index is 0.192. The van der Waals surface area contributed by atoms with Crippen molar-refractivity contribution >= 4 is 16.1 Å². The summed E-state index contributed by atoms with van der Waals surface area (Å²) in [6, 6.07) is 6.09. The molecule has 1 aromatic rings. The zero-order valence-electron chi connectivity index (χ0n) is 10.8. The lowest BCUT2D eigenvalue weighted by molar-refractivity contribution is 0.112. The van der Waals surface area contributed by atoms with Crippen molar-refractivity contribution < 1.29 is 13.2 Å². The van der Waals surface area contributed by atoms with Gasteiger partial charge in [-0.1, -0.05) is 44.7 Å². The van der Waals surface area contributed by atoms with Gasteiger partial charge in [-0.3, -0.25) is 4.79 Å². The first-order valence-corrected chi connectivity index (χ1v) is 8.03. The maximum Gasteiger partial charge on any atom is 0.178 e. The number of unbranched alkanes of at least 4 members (excludes halogenated alkanes) is 4. The van der Waals surface area contributed by atoms with E-state index in [1.54, 1.807) is 0 Å². The highest BCUT2D eigenvalue weighted by atomic mass is 32.2. The molecular formula is C14H20O3S. The molecule has 1 aromatic carbocycles. The minimum Gasteiger partial charge on any atom is -0.298 e. The van der Waals surface area contributed by atoms with Crippen LogP contribution in [0.1, 0.15) is 49.4 Å². The van der Waals surface area contributed by atoms with Crippen molar-refractivity contribution in [1.82, 2.24) is 0 Å². The number of sulfone groups is 1. The summed E-state index contributed by atoms with van der Waals surface area (Å²) in [5.41, 5.74) is 0.497. The summed E-state index contributed by atoms with van der Waals surface area (Å²) in [4.78, 5) is 10.8. The van der Waals surface area contributed by atoms with Gasteiger partial charge in [0.1, 0.15) is 6.29 Å². The molecule has 18 heavy (non-hydrogen) atoms. The predicted molar refractivity (Wildman–Crippen MR) is 72.6 cm³/mol. The molecule has 0 radical (unpaired) electrons. The minimum atomic E-state index is -3.19. The second-order valence-corrected chi connectivity index (χ2v) is 6.53. The number of carbonyl (C=O) groups excluding carboxylic acids is 1. The van der Waals surface area contributed by atoms with Crippen LogP contribution in [0, 0.1) is 0 Å². The third-order valence-electron chi connectivity index (χ3n) is 2.89. The van der Waals surface area contributed by atoms with Gasteiger partial charge in [0.2, 0.25) is 0 Å². The number of hydrogen-bond acceptors (Lipinski definition) is 3. The molecule has 100 valence electrons. The van der Waals surface area contributed by atoms with E-state index in [9.17, 15) is 13.2 Å². The molecule has 3 nitrogen and oxygen atoms in total. The molecule has 0 saturated carbocycles. The van der Waals surface area contributed by atoms with E-state index in [-0.39, 0.29) is 5.75 Å². The molecule has 0 heterocycles. The Bertz CT molecular complexity index is 460. The van der Waals surface area contributed by atoms with Crippen molar-refractivity contribution in [3.05, 3.63) is 29.8 Å². The van der Waals surface area contributed by atoms with Crippen molar-refractivity contribution in [2.75, 3.05) is 5.75 Å². The number of aldehydes is 1. The Morgan fingerprint density at radius 3 is 2.17 bits per heavy atom. The lowest BCUT2D eigenvalue weighted by Gasteiger charge is -2.04. The maximum absolute atomic E-state index is 12.0. The van der Waals surface area contributed by atoms with Crippen LogP contribution in [0.2, 0.25) is 0 Å². The first kappa shape index (κ1) is 14.9. The Balaban J connectivity index is 2.54. The maximum atomic E-state index is 12.0. The number of hydrogen-bond donors (Lipinski definition) is 0. The normalized spacial score (nSPS) is 11.4. The molecule has 0 aliphatic carbocycles. The van der Waals surface area contributed by atoms with Gasteiger partial charge in [-0.05, 0) is 18.6 Å². The molecule has 1 rings (SSSR count). The van der Waals surface area contributed by atoms with Gasteiger partial charge < -0.3 is 0 Å². The predicted octanol–water partition coefficient (Wildman–Crippen LogP) is 3.24. The van der Waals surface area contributed by atoms with E-state index in [0.29, 0.717) is 23.2 Å². The third kappa shape index (κ3) is 4.61. The zero-order chi connectivity index (χ0) is 13.4. The first-order valence-electron chi connectivity index (χ1n) is 6.38. The topological polar surface area (TPSA) is 51.2 Å². The standard InChI is InChI=1S/C14H20O3S/c1-2-3-4-5-6-11-18(16,17)14-9-7-13(12-15)8-10-14/h7-10,12H,2-6,11H2,1H3. The zero-order valence-corrected chi connectivity index (χ0v) is 11.6. The van der Waals surface area contributed by atoms with E-state index in [0.717, 1.165) is 25.7 Å². The van der Waals surface area contributed by atoms with Gasteiger partial charge in [0.05, 0.1) is 10.6 Å². The van der Waals surface area contributed by atoms with Crippen LogP contribution >= 0.6 is 0 Å². The molecule has 0 N–H and O–H groups in total. The van der Waals surface area contributed by atoms with E-state index < -0.39 is 9.84 Å². The molecule has 0 spiro atoms. The SMILES string of the molecule is CCCCCCCS(=O)(=O)c1ccc(C=O)cc1. The summed E-state index contributed by atoms with van der Waals surface area (Å²) in [5.74, 6) is 0.192. The fourth-order valence-electron chi connectivity index (χ4n) is 1.77. The van der Waals surface area contributed by atoms with Crippen molar-refractivity contribution in [3.8, 4) is 0 Å². The number of carbonyl (C=O) groups is 1. The van der Waals surface area contributed by atoms with Gasteiger partial charge in [-0.15, -0.1) is 0 Å². The van der Waals surface area contributed by atoms with E-state index >= 15 is 0 Å². The van der Waals surface area contributed by atoms with Crippen molar-refractivity contribution in [1.29, 1.82) is 0 Å². The average molecular weight is 268 g/mol. The van der Waals surface area contributed by atoms with Crippen LogP contribution in [-0.4, -0.2) is 20.5 Å². The largest absolute Gasteiger partial charge is 0.298 e. The fourth-order valence-corrected chi connectivity index (χ4v) is 3.14. The molecular weight excluding hydrogens is 248 g/mol. The summed E-state index contributed by atoms with van der Waals surface area (Å²) in [5, 5.41) is 0. The van der Waals surface area contributed by atoms with Gasteiger partial charge >= 0.3 is 0 Å². The Morgan fingerprint density at radius 1 is 1.00 bits per heavy atom. The third-order valence-corrected chi connectivity index (χ3v) is 4.71. The first-order chi connectivity index (χ1) is 8.60. The van der Waals surface area contributed by atoms with E-state index in [1.807, 2.05) is 0 Å². The second-order valence-electron chi connectivity index (χ2n) is 4.42. The Hall–Kier alpha value is -1.16. The summed E-state index contributed by atoms with van der Waals surface area (Å²) in [6.07, 6.45) is 5.78. The highest BCUT2D eigenvalue weighted by molar-refractivity contribution is 7.91. The fraction of sp³-hybridized carbons (Fsp3) is 0.500. The molecule has 0 saturated heterocycles. The van der Waals surface area contributed by atoms with Crippen molar-refractivity contribution in [2.45, 2.75) is 43.9 Å². The molecule has 0 aliphatic rings. The van der Waals surface area contributed by atoms with Crippen LogP contribution in [0.25, 0.3) is 0 Å². The molecule has 0 aromatic heterocycles. The summed E-state index contributed by atoms with van der Waals surface area (Å²) in [7, 11) is -3.19. The Kier molecular flexibility index (Phi) is 6.05. The number of benzene rings is 1. The highest BCUT2D eigenvalue weighted by Crippen LogP contribution is 2.14. The highest BCUT2D eigenvalue weighted by Gasteiger charge is 2.13. The van der Waals surface area contributed by atoms with Gasteiger partial charge in [0.15, 0.2) is 9.84 Å². The summed E-state index contributed by atoms with van der Waals surface area (Å²) in [6.45, 7) is 2.13. The van der Waals surface area contributed by atoms with Crippen LogP contribution in [0.4, 0.5) is 0 Å². The van der Waals surface area contributed by atoms with Crippen LogP contribution in [-0.2, 0) is 9.84 Å². The monoisotopic (exact) mass is 268 g/mol. The van der Waals surface area contributed by atoms with E-state index in [1.165, 1.54) is 24.3 Å². The van der Waals surface area contributed by atoms with Crippen LogP contribution < -0.4 is 0 Å². The molecule has 0 unspecified atom stereocenters. The quantitative estimate of drug-likeness (QED) is 0.537. The molecule has 0 bridgehead atoms. The molecule has 0 amide bonds. The van der Waals surface area contributed by atoms with Crippen LogP contribution in [0.5, 0.6) is 0 Å². The second kappa shape index (κ2) is 7.31. The molecule has 4 heteroatoms. The van der Waals surface area contributed by atoms with Gasteiger partial charge in [0, 0.05) is 5.56 Å². The summed E-state index contributed by atoms with van der Waals surface area (Å²) >= 11 is 0. The van der Waals surface area contributed by atoms with Crippen molar-refractivity contribution in [2.24, 2.45) is 0 Å². The molecule has 0 aliphatic heterocycles. The Morgan fingerprint density at radius 2 is 1.61 bits per heavy atom. The van der Waals surface area contributed by atoms with Crippen molar-refractivity contribution in [3.63, 3.8) is 0 Å². The summed E-state index contributed by atoms with van der Waals surface area (Å²) < 4.78 is 24.0. The van der Waals surface area contributed by atoms with E-state index in [4.69, 9.17) is 0 Å². The lowest BCUT2D eigenvalue weighted by Crippen LogP contribution is -2.06. The van der Waals surface area contributed by atoms with Crippen LogP contribution in [0.3, 0.4) is 0 Å². The van der Waals surface area contributed by atoms with Crippen LogP contribution in [0.15, 0.2) is 29.2 Å². The van der Waals surface area contributed by atoms with Gasteiger partial charge in [-0.25, -0.2) is 8.42 Å². The van der Waals surface area contributed by atoms with E-state index in [2.05, 4.69) is 6.92 Å². The lowest BCUT2D eigenvalue weighted by atomic mass is 10.2. The number of rotatable bonds is 8. The average Bonchev–Trinajstić information content (AvgIpc) is 2.38.